The van der Waals surface area contributed by atoms with Crippen molar-refractivity contribution in [2.45, 2.75) is 20.4 Å². The summed E-state index contributed by atoms with van der Waals surface area (Å²) < 4.78 is 9.61. The van der Waals surface area contributed by atoms with Crippen molar-refractivity contribution in [3.05, 3.63) is 71.4 Å². The smallest absolute Gasteiger partial charge is 0.335 e. The lowest BCUT2D eigenvalue weighted by molar-refractivity contribution is -0.143. The van der Waals surface area contributed by atoms with E-state index in [-0.39, 0.29) is 18.8 Å². The Kier molecular flexibility index (Phi) is 4.74. The van der Waals surface area contributed by atoms with Gasteiger partial charge in [-0.1, -0.05) is 12.1 Å². The van der Waals surface area contributed by atoms with Crippen molar-refractivity contribution in [2.75, 3.05) is 6.61 Å². The topological polar surface area (TPSA) is 109 Å². The molecule has 5 rings (SSSR count). The fraction of sp³-hybridized carbons (Fsp3) is 0.182. The number of fused-ring (bicyclic) bond motifs is 2. The van der Waals surface area contributed by atoms with Gasteiger partial charge in [0.25, 0.3) is 0 Å². The Morgan fingerprint density at radius 2 is 1.97 bits per heavy atom. The van der Waals surface area contributed by atoms with E-state index in [9.17, 15) is 9.59 Å². The zero-order valence-electron chi connectivity index (χ0n) is 17.5. The zero-order valence-corrected chi connectivity index (χ0v) is 17.5. The molecule has 0 saturated carbocycles. The molecule has 5 aromatic rings. The Labute approximate surface area is 181 Å². The van der Waals surface area contributed by atoms with Gasteiger partial charge in [0.05, 0.1) is 53.6 Å². The Hall–Kier alpha value is -4.34. The van der Waals surface area contributed by atoms with Crippen molar-refractivity contribution >= 4 is 22.5 Å². The summed E-state index contributed by atoms with van der Waals surface area (Å²) in [5.41, 5.74) is 3.98. The summed E-state index contributed by atoms with van der Waals surface area (Å²) in [6, 6.07) is 5.55. The first kappa shape index (κ1) is 19.6. The van der Waals surface area contributed by atoms with Crippen LogP contribution in [0.4, 0.5) is 0 Å². The lowest BCUT2D eigenvalue weighted by Crippen LogP contribution is -2.27. The third-order valence-corrected chi connectivity index (χ3v) is 5.21. The third kappa shape index (κ3) is 3.13. The van der Waals surface area contributed by atoms with Crippen LogP contribution in [0.2, 0.25) is 0 Å². The number of hydrogen-bond donors (Lipinski definition) is 0. The maximum atomic E-state index is 13.3. The summed E-state index contributed by atoms with van der Waals surface area (Å²) >= 11 is 0. The molecule has 0 atom stereocenters. The highest BCUT2D eigenvalue weighted by molar-refractivity contribution is 5.83. The molecule has 160 valence electrons. The van der Waals surface area contributed by atoms with Crippen molar-refractivity contribution < 1.29 is 9.53 Å². The maximum absolute atomic E-state index is 13.3. The molecule has 10 nitrogen and oxygen atoms in total. The molecule has 0 aliphatic carbocycles. The molecule has 32 heavy (non-hydrogen) atoms. The molecule has 10 heteroatoms. The molecule has 0 N–H and O–H groups in total. The fourth-order valence-electron chi connectivity index (χ4n) is 3.78. The molecule has 0 spiro atoms. The minimum atomic E-state index is -0.474. The van der Waals surface area contributed by atoms with Gasteiger partial charge in [0.1, 0.15) is 6.54 Å². The van der Waals surface area contributed by atoms with Gasteiger partial charge in [-0.25, -0.2) is 18.9 Å². The number of esters is 1. The minimum absolute atomic E-state index is 0.180. The molecule has 0 bridgehead atoms. The number of nitrogens with zero attached hydrogens (tertiary/aromatic N) is 7. The summed E-state index contributed by atoms with van der Waals surface area (Å²) in [5.74, 6) is -0.117. The Bertz CT molecular complexity index is 1510. The van der Waals surface area contributed by atoms with E-state index in [1.54, 1.807) is 48.5 Å². The van der Waals surface area contributed by atoms with Crippen LogP contribution in [0, 0.1) is 6.92 Å². The normalized spacial score (nSPS) is 11.3. The second-order valence-corrected chi connectivity index (χ2v) is 7.18. The van der Waals surface area contributed by atoms with Crippen LogP contribution in [0.25, 0.3) is 33.6 Å². The zero-order chi connectivity index (χ0) is 22.2. The summed E-state index contributed by atoms with van der Waals surface area (Å²) in [4.78, 5) is 38.6. The molecule has 4 heterocycles. The number of ether oxygens (including phenoxy) is 1. The molecule has 0 radical (unpaired) electrons. The molecule has 1 aromatic carbocycles. The maximum Gasteiger partial charge on any atom is 0.335 e. The van der Waals surface area contributed by atoms with Crippen LogP contribution in [0.3, 0.4) is 0 Å². The van der Waals surface area contributed by atoms with Gasteiger partial charge < -0.3 is 4.74 Å². The predicted octanol–water partition coefficient (Wildman–Crippen LogP) is 2.16. The second-order valence-electron chi connectivity index (χ2n) is 7.18. The van der Waals surface area contributed by atoms with Crippen LogP contribution < -0.4 is 5.69 Å². The second kappa shape index (κ2) is 7.73. The van der Waals surface area contributed by atoms with Crippen LogP contribution >= 0.6 is 0 Å². The molecule has 4 aromatic heterocycles. The van der Waals surface area contributed by atoms with Crippen molar-refractivity contribution in [1.29, 1.82) is 0 Å². The lowest BCUT2D eigenvalue weighted by atomic mass is 10.2. The molecule has 0 amide bonds. The van der Waals surface area contributed by atoms with E-state index in [1.165, 1.54) is 15.3 Å². The van der Waals surface area contributed by atoms with E-state index < -0.39 is 5.97 Å². The summed E-state index contributed by atoms with van der Waals surface area (Å²) in [7, 11) is 0. The van der Waals surface area contributed by atoms with Gasteiger partial charge in [0.15, 0.2) is 5.82 Å². The lowest BCUT2D eigenvalue weighted by Gasteiger charge is -2.05. The monoisotopic (exact) mass is 429 g/mol. The van der Waals surface area contributed by atoms with Crippen molar-refractivity contribution in [1.82, 2.24) is 33.7 Å². The van der Waals surface area contributed by atoms with Crippen molar-refractivity contribution in [3.8, 4) is 17.1 Å². The largest absolute Gasteiger partial charge is 0.465 e. The number of aryl methyl sites for hydroxylation is 1. The first-order valence-electron chi connectivity index (χ1n) is 10.0. The number of carbonyl (C=O) groups excluding carboxylic acids is 1. The number of aromatic nitrogens is 7. The molecule has 0 saturated heterocycles. The molecule has 0 aliphatic rings. The highest BCUT2D eigenvalue weighted by Crippen LogP contribution is 2.23. The quantitative estimate of drug-likeness (QED) is 0.394. The average molecular weight is 429 g/mol. The van der Waals surface area contributed by atoms with Crippen molar-refractivity contribution in [3.63, 3.8) is 0 Å². The third-order valence-electron chi connectivity index (χ3n) is 5.21. The van der Waals surface area contributed by atoms with Crippen molar-refractivity contribution in [2.24, 2.45) is 0 Å². The highest BCUT2D eigenvalue weighted by atomic mass is 16.5. The van der Waals surface area contributed by atoms with Gasteiger partial charge >= 0.3 is 11.7 Å². The van der Waals surface area contributed by atoms with Gasteiger partial charge in [-0.05, 0) is 25.5 Å². The van der Waals surface area contributed by atoms with E-state index >= 15 is 0 Å². The summed E-state index contributed by atoms with van der Waals surface area (Å²) in [5, 5.41) is 4.29. The predicted molar refractivity (Wildman–Crippen MR) is 116 cm³/mol. The number of imidazole rings is 1. The standard InChI is InChI=1S/C22H19N7O3/c1-3-32-20(30)13-27-17-6-4-5-14(2)21(17)29(22(27)31)19-12-24-16(10-25-19)15-9-26-28-8-7-23-11-18(15)28/h4-12H,3,13H2,1-2H3. The number of carbonyl (C=O) groups is 1. The van der Waals surface area contributed by atoms with Crippen LogP contribution in [-0.2, 0) is 16.1 Å². The van der Waals surface area contributed by atoms with E-state index in [4.69, 9.17) is 4.74 Å². The number of benzene rings is 1. The van der Waals surface area contributed by atoms with Gasteiger partial charge in [0.2, 0.25) is 0 Å². The molecule has 0 unspecified atom stereocenters. The fourth-order valence-corrected chi connectivity index (χ4v) is 3.78. The number of rotatable bonds is 5. The molecule has 0 aliphatic heterocycles. The Balaban J connectivity index is 1.63. The molecule has 0 fully saturated rings. The Morgan fingerprint density at radius 3 is 2.75 bits per heavy atom. The highest BCUT2D eigenvalue weighted by Gasteiger charge is 2.20. The van der Waals surface area contributed by atoms with E-state index in [2.05, 4.69) is 20.1 Å². The molecular formula is C22H19N7O3. The van der Waals surface area contributed by atoms with Crippen LogP contribution in [0.1, 0.15) is 12.5 Å². The number of hydrogen-bond acceptors (Lipinski definition) is 7. The average Bonchev–Trinajstić information content (AvgIpc) is 3.35. The molecular weight excluding hydrogens is 410 g/mol. The van der Waals surface area contributed by atoms with E-state index in [1.807, 2.05) is 19.1 Å². The SMILES string of the molecule is CCOC(=O)Cn1c(=O)n(-c2cnc(-c3cnn4ccncc34)cn2)c2c(C)cccc21. The van der Waals surface area contributed by atoms with Gasteiger partial charge in [-0.15, -0.1) is 0 Å². The van der Waals surface area contributed by atoms with Gasteiger partial charge in [0, 0.05) is 18.0 Å². The van der Waals surface area contributed by atoms with Gasteiger partial charge in [-0.3, -0.25) is 19.3 Å². The van der Waals surface area contributed by atoms with Crippen LogP contribution in [0.5, 0.6) is 0 Å². The minimum Gasteiger partial charge on any atom is -0.465 e. The summed E-state index contributed by atoms with van der Waals surface area (Å²) in [6.45, 7) is 3.70. The first-order chi connectivity index (χ1) is 15.6. The van der Waals surface area contributed by atoms with Crippen LogP contribution in [0.15, 0.2) is 60.2 Å². The van der Waals surface area contributed by atoms with Gasteiger partial charge in [-0.2, -0.15) is 5.10 Å². The van der Waals surface area contributed by atoms with E-state index in [0.717, 1.165) is 16.6 Å². The van der Waals surface area contributed by atoms with E-state index in [0.29, 0.717) is 22.5 Å². The number of para-hydroxylation sites is 1. The Morgan fingerprint density at radius 1 is 1.09 bits per heavy atom. The first-order valence-corrected chi connectivity index (χ1v) is 10.0. The summed E-state index contributed by atoms with van der Waals surface area (Å²) in [6.07, 6.45) is 9.94. The van der Waals surface area contributed by atoms with Crippen LogP contribution in [-0.4, -0.2) is 46.3 Å².